The van der Waals surface area contributed by atoms with Crippen LogP contribution in [0, 0.1) is 0 Å². The number of pyridine rings is 2. The van der Waals surface area contributed by atoms with E-state index in [2.05, 4.69) is 9.97 Å². The van der Waals surface area contributed by atoms with Crippen LogP contribution in [0.15, 0.2) is 55.0 Å². The number of hydrogen-bond donors (Lipinski definition) is 1. The van der Waals surface area contributed by atoms with Crippen molar-refractivity contribution in [3.63, 3.8) is 0 Å². The zero-order valence-electron chi connectivity index (χ0n) is 11.5. The molecule has 2 heterocycles. The number of carbonyl (C=O) groups is 1. The monoisotopic (exact) mass is 278 g/mol. The van der Waals surface area contributed by atoms with Gasteiger partial charge in [0.05, 0.1) is 23.1 Å². The summed E-state index contributed by atoms with van der Waals surface area (Å²) in [5, 5.41) is 0.824. The molecule has 0 saturated heterocycles. The van der Waals surface area contributed by atoms with Crippen LogP contribution < -0.4 is 10.6 Å². The molecule has 0 aliphatic heterocycles. The molecule has 0 fully saturated rings. The van der Waals surface area contributed by atoms with Crippen LogP contribution in [0.25, 0.3) is 10.9 Å². The van der Waals surface area contributed by atoms with E-state index in [0.29, 0.717) is 16.9 Å². The Balaban J connectivity index is 2.07. The van der Waals surface area contributed by atoms with Crippen molar-refractivity contribution < 1.29 is 4.79 Å². The smallest absolute Gasteiger partial charge is 0.258 e. The van der Waals surface area contributed by atoms with E-state index in [1.165, 1.54) is 11.1 Å². The number of hydrogen-bond acceptors (Lipinski definition) is 4. The van der Waals surface area contributed by atoms with E-state index in [1.807, 2.05) is 24.3 Å². The molecule has 0 unspecified atom stereocenters. The molecule has 5 heteroatoms. The van der Waals surface area contributed by atoms with Gasteiger partial charge >= 0.3 is 0 Å². The number of fused-ring (bicyclic) bond motifs is 1. The minimum Gasteiger partial charge on any atom is -0.396 e. The molecule has 0 atom stereocenters. The van der Waals surface area contributed by atoms with Crippen molar-refractivity contribution in [2.24, 2.45) is 0 Å². The van der Waals surface area contributed by atoms with Crippen LogP contribution in [0.3, 0.4) is 0 Å². The molecule has 104 valence electrons. The van der Waals surface area contributed by atoms with E-state index in [1.54, 1.807) is 31.6 Å². The van der Waals surface area contributed by atoms with Crippen molar-refractivity contribution in [3.8, 4) is 0 Å². The summed E-state index contributed by atoms with van der Waals surface area (Å²) in [7, 11) is 1.70. The van der Waals surface area contributed by atoms with Crippen LogP contribution in [-0.2, 0) is 0 Å². The first kappa shape index (κ1) is 13.1. The van der Waals surface area contributed by atoms with Gasteiger partial charge in [-0.25, -0.2) is 0 Å². The number of rotatable bonds is 2. The molecule has 1 amide bonds. The van der Waals surface area contributed by atoms with Gasteiger partial charge in [0.15, 0.2) is 0 Å². The lowest BCUT2D eigenvalue weighted by Gasteiger charge is -2.19. The van der Waals surface area contributed by atoms with Crippen LogP contribution >= 0.6 is 0 Å². The Bertz CT molecular complexity index is 811. The topological polar surface area (TPSA) is 72.1 Å². The van der Waals surface area contributed by atoms with Crippen LogP contribution in [-0.4, -0.2) is 22.9 Å². The normalized spacial score (nSPS) is 10.5. The number of nitrogens with two attached hydrogens (primary N) is 1. The van der Waals surface area contributed by atoms with Gasteiger partial charge in [0.25, 0.3) is 5.91 Å². The molecule has 1 aromatic carbocycles. The molecule has 0 aliphatic carbocycles. The molecule has 0 radical (unpaired) electrons. The van der Waals surface area contributed by atoms with Gasteiger partial charge in [0, 0.05) is 30.4 Å². The molecule has 5 nitrogen and oxygen atoms in total. The number of nitrogens with zero attached hydrogens (tertiary/aromatic N) is 3. The fourth-order valence-electron chi connectivity index (χ4n) is 2.28. The summed E-state index contributed by atoms with van der Waals surface area (Å²) in [5.74, 6) is -0.133. The first-order valence-corrected chi connectivity index (χ1v) is 6.50. The number of nitrogen functional groups attached to an aromatic ring is 1. The maximum atomic E-state index is 12.7. The summed E-state index contributed by atoms with van der Waals surface area (Å²) < 4.78 is 0. The predicted octanol–water partition coefficient (Wildman–Crippen LogP) is 2.49. The molecule has 3 rings (SSSR count). The van der Waals surface area contributed by atoms with E-state index in [4.69, 9.17) is 5.73 Å². The third-order valence-electron chi connectivity index (χ3n) is 3.37. The summed E-state index contributed by atoms with van der Waals surface area (Å²) in [6.07, 6.45) is 4.85. The van der Waals surface area contributed by atoms with E-state index < -0.39 is 0 Å². The Morgan fingerprint density at radius 1 is 1.14 bits per heavy atom. The lowest BCUT2D eigenvalue weighted by atomic mass is 10.1. The first-order valence-electron chi connectivity index (χ1n) is 6.50. The van der Waals surface area contributed by atoms with Gasteiger partial charge in [0.2, 0.25) is 0 Å². The number of anilines is 2. The van der Waals surface area contributed by atoms with Gasteiger partial charge in [-0.2, -0.15) is 0 Å². The highest BCUT2D eigenvalue weighted by Crippen LogP contribution is 2.24. The standard InChI is InChI=1S/C16H14N4O/c1-20(15-7-9-18-10-13(15)17)16(21)12-4-2-6-14-11(12)5-3-8-19-14/h2-10H,17H2,1H3. The van der Waals surface area contributed by atoms with Crippen molar-refractivity contribution in [2.75, 3.05) is 17.7 Å². The Hall–Kier alpha value is -2.95. The van der Waals surface area contributed by atoms with Gasteiger partial charge in [-0.1, -0.05) is 12.1 Å². The third kappa shape index (κ3) is 2.29. The second kappa shape index (κ2) is 5.20. The zero-order valence-corrected chi connectivity index (χ0v) is 11.5. The molecule has 21 heavy (non-hydrogen) atoms. The second-order valence-electron chi connectivity index (χ2n) is 4.67. The van der Waals surface area contributed by atoms with Crippen molar-refractivity contribution in [2.45, 2.75) is 0 Å². The van der Waals surface area contributed by atoms with Gasteiger partial charge in [-0.15, -0.1) is 0 Å². The molecule has 3 aromatic rings. The molecule has 0 aliphatic rings. The van der Waals surface area contributed by atoms with E-state index in [-0.39, 0.29) is 5.91 Å². The average molecular weight is 278 g/mol. The highest BCUT2D eigenvalue weighted by Gasteiger charge is 2.17. The van der Waals surface area contributed by atoms with E-state index in [0.717, 1.165) is 10.9 Å². The molecular formula is C16H14N4O. The molecular weight excluding hydrogens is 264 g/mol. The number of amides is 1. The van der Waals surface area contributed by atoms with Gasteiger partial charge in [0.1, 0.15) is 0 Å². The lowest BCUT2D eigenvalue weighted by molar-refractivity contribution is 0.0994. The Labute approximate surface area is 122 Å². The lowest BCUT2D eigenvalue weighted by Crippen LogP contribution is -2.27. The van der Waals surface area contributed by atoms with Crippen molar-refractivity contribution >= 4 is 28.2 Å². The number of benzene rings is 1. The number of carbonyl (C=O) groups excluding carboxylic acids is 1. The predicted molar refractivity (Wildman–Crippen MR) is 83.1 cm³/mol. The number of aromatic nitrogens is 2. The summed E-state index contributed by atoms with van der Waals surface area (Å²) in [6.45, 7) is 0. The van der Waals surface area contributed by atoms with Crippen LogP contribution in [0.4, 0.5) is 11.4 Å². The summed E-state index contributed by atoms with van der Waals surface area (Å²) in [4.78, 5) is 22.5. The largest absolute Gasteiger partial charge is 0.396 e. The van der Waals surface area contributed by atoms with Gasteiger partial charge < -0.3 is 10.6 Å². The van der Waals surface area contributed by atoms with Crippen LogP contribution in [0.2, 0.25) is 0 Å². The SMILES string of the molecule is CN(C(=O)c1cccc2ncccc12)c1ccncc1N. The van der Waals surface area contributed by atoms with Gasteiger partial charge in [-0.3, -0.25) is 14.8 Å². The Morgan fingerprint density at radius 3 is 2.81 bits per heavy atom. The van der Waals surface area contributed by atoms with Gasteiger partial charge in [-0.05, 0) is 24.3 Å². The molecule has 2 aromatic heterocycles. The van der Waals surface area contributed by atoms with Crippen LogP contribution in [0.1, 0.15) is 10.4 Å². The molecule has 0 bridgehead atoms. The van der Waals surface area contributed by atoms with Crippen molar-refractivity contribution in [1.82, 2.24) is 9.97 Å². The highest BCUT2D eigenvalue weighted by molar-refractivity contribution is 6.14. The minimum atomic E-state index is -0.133. The minimum absolute atomic E-state index is 0.133. The quantitative estimate of drug-likeness (QED) is 0.781. The Morgan fingerprint density at radius 2 is 2.00 bits per heavy atom. The maximum Gasteiger partial charge on any atom is 0.258 e. The zero-order chi connectivity index (χ0) is 14.8. The first-order chi connectivity index (χ1) is 10.2. The molecule has 0 saturated carbocycles. The summed E-state index contributed by atoms with van der Waals surface area (Å²) >= 11 is 0. The summed E-state index contributed by atoms with van der Waals surface area (Å²) in [6, 6.07) is 10.9. The fraction of sp³-hybridized carbons (Fsp3) is 0.0625. The van der Waals surface area contributed by atoms with E-state index >= 15 is 0 Å². The fourth-order valence-corrected chi connectivity index (χ4v) is 2.28. The average Bonchev–Trinajstić information content (AvgIpc) is 2.53. The highest BCUT2D eigenvalue weighted by atomic mass is 16.2. The molecule has 2 N–H and O–H groups in total. The molecule has 0 spiro atoms. The second-order valence-corrected chi connectivity index (χ2v) is 4.67. The third-order valence-corrected chi connectivity index (χ3v) is 3.37. The Kier molecular flexibility index (Phi) is 3.23. The van der Waals surface area contributed by atoms with Crippen molar-refractivity contribution in [1.29, 1.82) is 0 Å². The van der Waals surface area contributed by atoms with Crippen LogP contribution in [0.5, 0.6) is 0 Å². The van der Waals surface area contributed by atoms with E-state index in [9.17, 15) is 4.79 Å². The maximum absolute atomic E-state index is 12.7. The summed E-state index contributed by atoms with van der Waals surface area (Å²) in [5.41, 5.74) is 8.37. The van der Waals surface area contributed by atoms with Crippen molar-refractivity contribution in [3.05, 3.63) is 60.6 Å².